The normalized spacial score (nSPS) is 15.0. The SMILES string of the molecule is O=C(Cc1cc(O)ccc1Cl)NC1CC1. The molecule has 0 atom stereocenters. The van der Waals surface area contributed by atoms with Gasteiger partial charge in [-0.25, -0.2) is 0 Å². The average molecular weight is 226 g/mol. The summed E-state index contributed by atoms with van der Waals surface area (Å²) in [6.45, 7) is 0. The number of benzene rings is 1. The van der Waals surface area contributed by atoms with Gasteiger partial charge >= 0.3 is 0 Å². The Bertz CT molecular complexity index is 388. The standard InChI is InChI=1S/C11H12ClNO2/c12-10-4-3-9(14)5-7(10)6-11(15)13-8-1-2-8/h3-5,8,14H,1-2,6H2,(H,13,15). The van der Waals surface area contributed by atoms with Gasteiger partial charge in [0.2, 0.25) is 5.91 Å². The van der Waals surface area contributed by atoms with E-state index in [0.29, 0.717) is 16.6 Å². The minimum atomic E-state index is -0.0370. The predicted octanol–water partition coefficient (Wildman–Crippen LogP) is 1.87. The molecule has 0 saturated heterocycles. The third-order valence-electron chi connectivity index (χ3n) is 2.32. The summed E-state index contributed by atoms with van der Waals surface area (Å²) in [5.41, 5.74) is 0.662. The van der Waals surface area contributed by atoms with Crippen LogP contribution in [-0.4, -0.2) is 17.1 Å². The first-order valence-corrected chi connectivity index (χ1v) is 5.29. The van der Waals surface area contributed by atoms with E-state index in [1.54, 1.807) is 6.07 Å². The van der Waals surface area contributed by atoms with E-state index in [1.165, 1.54) is 12.1 Å². The number of rotatable bonds is 3. The largest absolute Gasteiger partial charge is 0.508 e. The van der Waals surface area contributed by atoms with Crippen molar-refractivity contribution in [1.82, 2.24) is 5.32 Å². The van der Waals surface area contributed by atoms with Crippen LogP contribution in [0.2, 0.25) is 5.02 Å². The molecule has 1 amide bonds. The van der Waals surface area contributed by atoms with Gasteiger partial charge in [0, 0.05) is 11.1 Å². The third-order valence-corrected chi connectivity index (χ3v) is 2.69. The number of hydrogen-bond acceptors (Lipinski definition) is 2. The van der Waals surface area contributed by atoms with Crippen LogP contribution in [0.15, 0.2) is 18.2 Å². The summed E-state index contributed by atoms with van der Waals surface area (Å²) in [6, 6.07) is 4.98. The van der Waals surface area contributed by atoms with Crippen LogP contribution in [0.4, 0.5) is 0 Å². The molecule has 80 valence electrons. The van der Waals surface area contributed by atoms with Gasteiger partial charge in [0.05, 0.1) is 6.42 Å². The van der Waals surface area contributed by atoms with Gasteiger partial charge < -0.3 is 10.4 Å². The van der Waals surface area contributed by atoms with Crippen LogP contribution in [0.1, 0.15) is 18.4 Å². The van der Waals surface area contributed by atoms with Crippen molar-refractivity contribution in [3.8, 4) is 5.75 Å². The summed E-state index contributed by atoms with van der Waals surface area (Å²) in [5, 5.41) is 12.6. The van der Waals surface area contributed by atoms with Gasteiger partial charge in [-0.3, -0.25) is 4.79 Å². The third kappa shape index (κ3) is 2.86. The van der Waals surface area contributed by atoms with Crippen LogP contribution >= 0.6 is 11.6 Å². The van der Waals surface area contributed by atoms with E-state index >= 15 is 0 Å². The number of carbonyl (C=O) groups is 1. The number of halogens is 1. The fraction of sp³-hybridized carbons (Fsp3) is 0.364. The average Bonchev–Trinajstić information content (AvgIpc) is 2.95. The first-order valence-electron chi connectivity index (χ1n) is 4.92. The molecule has 0 spiro atoms. The lowest BCUT2D eigenvalue weighted by Gasteiger charge is -2.05. The minimum Gasteiger partial charge on any atom is -0.508 e. The number of amides is 1. The molecule has 15 heavy (non-hydrogen) atoms. The maximum absolute atomic E-state index is 11.5. The first-order chi connectivity index (χ1) is 7.15. The van der Waals surface area contributed by atoms with Crippen molar-refractivity contribution >= 4 is 17.5 Å². The zero-order valence-corrected chi connectivity index (χ0v) is 8.92. The monoisotopic (exact) mass is 225 g/mol. The van der Waals surface area contributed by atoms with E-state index in [2.05, 4.69) is 5.32 Å². The molecule has 2 rings (SSSR count). The molecular weight excluding hydrogens is 214 g/mol. The molecule has 1 fully saturated rings. The Kier molecular flexibility index (Phi) is 2.82. The van der Waals surface area contributed by atoms with Gasteiger partial charge in [0.15, 0.2) is 0 Å². The van der Waals surface area contributed by atoms with Crippen molar-refractivity contribution in [3.05, 3.63) is 28.8 Å². The minimum absolute atomic E-state index is 0.0370. The number of hydrogen-bond donors (Lipinski definition) is 2. The Labute approximate surface area is 93.1 Å². The Morgan fingerprint density at radius 2 is 2.27 bits per heavy atom. The van der Waals surface area contributed by atoms with Crippen molar-refractivity contribution in [2.45, 2.75) is 25.3 Å². The van der Waals surface area contributed by atoms with Gasteiger partial charge in [-0.1, -0.05) is 11.6 Å². The van der Waals surface area contributed by atoms with Crippen LogP contribution in [-0.2, 0) is 11.2 Å². The molecule has 1 saturated carbocycles. The first kappa shape index (κ1) is 10.3. The molecule has 0 heterocycles. The lowest BCUT2D eigenvalue weighted by molar-refractivity contribution is -0.120. The Balaban J connectivity index is 2.01. The van der Waals surface area contributed by atoms with E-state index in [0.717, 1.165) is 12.8 Å². The lowest BCUT2D eigenvalue weighted by Crippen LogP contribution is -2.27. The number of carbonyl (C=O) groups excluding carboxylic acids is 1. The predicted molar refractivity (Wildman–Crippen MR) is 58.0 cm³/mol. The molecule has 1 aromatic rings. The van der Waals surface area contributed by atoms with Crippen LogP contribution in [0, 0.1) is 0 Å². The molecular formula is C11H12ClNO2. The summed E-state index contributed by atoms with van der Waals surface area (Å²) in [5.74, 6) is 0.0959. The molecule has 3 nitrogen and oxygen atoms in total. The maximum atomic E-state index is 11.5. The molecule has 1 aliphatic rings. The van der Waals surface area contributed by atoms with Gasteiger partial charge in [-0.15, -0.1) is 0 Å². The molecule has 0 aromatic heterocycles. The fourth-order valence-electron chi connectivity index (χ4n) is 1.38. The van der Waals surface area contributed by atoms with Crippen molar-refractivity contribution in [2.24, 2.45) is 0 Å². The molecule has 0 aliphatic heterocycles. The van der Waals surface area contributed by atoms with Crippen molar-refractivity contribution < 1.29 is 9.90 Å². The van der Waals surface area contributed by atoms with E-state index in [-0.39, 0.29) is 18.1 Å². The van der Waals surface area contributed by atoms with Crippen LogP contribution in [0.25, 0.3) is 0 Å². The molecule has 1 aliphatic carbocycles. The van der Waals surface area contributed by atoms with Gasteiger partial charge in [-0.05, 0) is 36.6 Å². The molecule has 4 heteroatoms. The Hall–Kier alpha value is -1.22. The smallest absolute Gasteiger partial charge is 0.224 e. The molecule has 2 N–H and O–H groups in total. The highest BCUT2D eigenvalue weighted by molar-refractivity contribution is 6.31. The highest BCUT2D eigenvalue weighted by Gasteiger charge is 2.23. The van der Waals surface area contributed by atoms with Crippen molar-refractivity contribution in [3.63, 3.8) is 0 Å². The number of nitrogens with one attached hydrogen (secondary N) is 1. The Morgan fingerprint density at radius 3 is 2.93 bits per heavy atom. The van der Waals surface area contributed by atoms with Gasteiger partial charge in [-0.2, -0.15) is 0 Å². The fourth-order valence-corrected chi connectivity index (χ4v) is 1.56. The molecule has 0 radical (unpaired) electrons. The molecule has 1 aromatic carbocycles. The maximum Gasteiger partial charge on any atom is 0.224 e. The number of aromatic hydroxyl groups is 1. The van der Waals surface area contributed by atoms with Crippen molar-refractivity contribution in [2.75, 3.05) is 0 Å². The summed E-state index contributed by atoms with van der Waals surface area (Å²) < 4.78 is 0. The summed E-state index contributed by atoms with van der Waals surface area (Å²) in [6.07, 6.45) is 2.36. The van der Waals surface area contributed by atoms with E-state index in [1.807, 2.05) is 0 Å². The highest BCUT2D eigenvalue weighted by atomic mass is 35.5. The molecule has 0 unspecified atom stereocenters. The summed E-state index contributed by atoms with van der Waals surface area (Å²) in [7, 11) is 0. The zero-order chi connectivity index (χ0) is 10.8. The highest BCUT2D eigenvalue weighted by Crippen LogP contribution is 2.23. The quantitative estimate of drug-likeness (QED) is 0.825. The second-order valence-corrected chi connectivity index (χ2v) is 4.20. The topological polar surface area (TPSA) is 49.3 Å². The van der Waals surface area contributed by atoms with E-state index in [4.69, 9.17) is 11.6 Å². The zero-order valence-electron chi connectivity index (χ0n) is 8.16. The number of phenolic OH excluding ortho intramolecular Hbond substituents is 1. The second-order valence-electron chi connectivity index (χ2n) is 3.79. The second kappa shape index (κ2) is 4.11. The van der Waals surface area contributed by atoms with Gasteiger partial charge in [0.1, 0.15) is 5.75 Å². The lowest BCUT2D eigenvalue weighted by atomic mass is 10.1. The molecule has 0 bridgehead atoms. The van der Waals surface area contributed by atoms with Crippen LogP contribution in [0.3, 0.4) is 0 Å². The Morgan fingerprint density at radius 1 is 1.53 bits per heavy atom. The summed E-state index contributed by atoms with van der Waals surface area (Å²) >= 11 is 5.90. The van der Waals surface area contributed by atoms with Crippen LogP contribution < -0.4 is 5.32 Å². The van der Waals surface area contributed by atoms with Crippen LogP contribution in [0.5, 0.6) is 5.75 Å². The van der Waals surface area contributed by atoms with Gasteiger partial charge in [0.25, 0.3) is 0 Å². The number of phenols is 1. The summed E-state index contributed by atoms with van der Waals surface area (Å²) in [4.78, 5) is 11.5. The van der Waals surface area contributed by atoms with Crippen molar-refractivity contribution in [1.29, 1.82) is 0 Å². The van der Waals surface area contributed by atoms with E-state index < -0.39 is 0 Å². The van der Waals surface area contributed by atoms with E-state index in [9.17, 15) is 9.90 Å².